The zero-order chi connectivity index (χ0) is 20.6. The molecule has 0 fully saturated rings. The number of nitrogens with zero attached hydrogens (tertiary/aromatic N) is 3. The van der Waals surface area contributed by atoms with Crippen molar-refractivity contribution in [2.45, 2.75) is 11.8 Å². The van der Waals surface area contributed by atoms with Crippen LogP contribution in [-0.2, 0) is 10.0 Å². The average molecular weight is 429 g/mol. The summed E-state index contributed by atoms with van der Waals surface area (Å²) in [7, 11) is -2.50. The summed E-state index contributed by atoms with van der Waals surface area (Å²) in [6, 6.07) is 14.3. The first-order valence-corrected chi connectivity index (χ1v) is 10.9. The van der Waals surface area contributed by atoms with Crippen LogP contribution in [0.2, 0.25) is 0 Å². The summed E-state index contributed by atoms with van der Waals surface area (Å²) >= 11 is 1.19. The van der Waals surface area contributed by atoms with Gasteiger partial charge < -0.3 is 4.52 Å². The van der Waals surface area contributed by atoms with Gasteiger partial charge in [0.05, 0.1) is 5.69 Å². The lowest BCUT2D eigenvalue weighted by Gasteiger charge is -2.19. The molecule has 0 amide bonds. The first kappa shape index (κ1) is 19.3. The fourth-order valence-electron chi connectivity index (χ4n) is 2.73. The maximum absolute atomic E-state index is 13.2. The quantitative estimate of drug-likeness (QED) is 0.458. The largest absolute Gasteiger partial charge is 0.333 e. The van der Waals surface area contributed by atoms with E-state index in [2.05, 4.69) is 10.1 Å². The number of anilines is 1. The van der Waals surface area contributed by atoms with Gasteiger partial charge >= 0.3 is 0 Å². The van der Waals surface area contributed by atoms with Gasteiger partial charge in [-0.15, -0.1) is 11.3 Å². The van der Waals surface area contributed by atoms with Gasteiger partial charge in [-0.05, 0) is 42.6 Å². The molecule has 148 valence electrons. The predicted octanol–water partition coefficient (Wildman–Crippen LogP) is 4.74. The summed E-state index contributed by atoms with van der Waals surface area (Å²) in [6.07, 6.45) is 0. The molecule has 0 aliphatic carbocycles. The highest BCUT2D eigenvalue weighted by Crippen LogP contribution is 2.35. The number of aromatic nitrogens is 2. The first-order chi connectivity index (χ1) is 13.9. The van der Waals surface area contributed by atoms with Gasteiger partial charge in [-0.25, -0.2) is 12.8 Å². The Hall–Kier alpha value is -3.04. The van der Waals surface area contributed by atoms with Gasteiger partial charge in [0, 0.05) is 12.6 Å². The minimum absolute atomic E-state index is 0.0495. The average Bonchev–Trinajstić information content (AvgIpc) is 3.38. The van der Waals surface area contributed by atoms with E-state index in [0.717, 1.165) is 15.4 Å². The molecule has 6 nitrogen and oxygen atoms in total. The number of rotatable bonds is 5. The molecule has 2 aromatic carbocycles. The van der Waals surface area contributed by atoms with Gasteiger partial charge in [0.1, 0.15) is 15.6 Å². The number of benzene rings is 2. The van der Waals surface area contributed by atoms with Crippen LogP contribution < -0.4 is 4.31 Å². The van der Waals surface area contributed by atoms with E-state index in [-0.39, 0.29) is 10.8 Å². The molecule has 0 radical (unpaired) electrons. The minimum atomic E-state index is -3.91. The van der Waals surface area contributed by atoms with E-state index in [1.54, 1.807) is 5.38 Å². The zero-order valence-electron chi connectivity index (χ0n) is 15.5. The van der Waals surface area contributed by atoms with Crippen molar-refractivity contribution in [3.63, 3.8) is 0 Å². The Labute approximate surface area is 171 Å². The third-order valence-corrected chi connectivity index (χ3v) is 7.25. The lowest BCUT2D eigenvalue weighted by Crippen LogP contribution is -2.26. The summed E-state index contributed by atoms with van der Waals surface area (Å²) in [6.45, 7) is 1.98. The van der Waals surface area contributed by atoms with Gasteiger partial charge in [0.15, 0.2) is 0 Å². The monoisotopic (exact) mass is 429 g/mol. The highest BCUT2D eigenvalue weighted by molar-refractivity contribution is 7.93. The van der Waals surface area contributed by atoms with Crippen molar-refractivity contribution >= 4 is 27.0 Å². The highest BCUT2D eigenvalue weighted by atomic mass is 32.2. The van der Waals surface area contributed by atoms with E-state index in [1.807, 2.05) is 31.2 Å². The molecule has 0 bridgehead atoms. The second-order valence-electron chi connectivity index (χ2n) is 6.35. The van der Waals surface area contributed by atoms with Gasteiger partial charge in [-0.2, -0.15) is 4.98 Å². The van der Waals surface area contributed by atoms with Crippen LogP contribution in [0.15, 0.2) is 69.4 Å². The molecule has 0 spiro atoms. The molecule has 0 aliphatic heterocycles. The van der Waals surface area contributed by atoms with Gasteiger partial charge in [0.2, 0.25) is 5.82 Å². The number of hydrogen-bond donors (Lipinski definition) is 0. The number of halogens is 1. The van der Waals surface area contributed by atoms with Crippen LogP contribution in [0.5, 0.6) is 0 Å². The zero-order valence-corrected chi connectivity index (χ0v) is 17.2. The van der Waals surface area contributed by atoms with Crippen molar-refractivity contribution in [2.75, 3.05) is 11.4 Å². The van der Waals surface area contributed by atoms with E-state index in [9.17, 15) is 12.8 Å². The molecule has 0 saturated heterocycles. The third kappa shape index (κ3) is 3.66. The summed E-state index contributed by atoms with van der Waals surface area (Å²) in [5, 5.41) is 5.63. The Balaban J connectivity index is 1.70. The predicted molar refractivity (Wildman–Crippen MR) is 110 cm³/mol. The fourth-order valence-corrected chi connectivity index (χ4v) is 5.24. The number of hydrogen-bond acceptors (Lipinski definition) is 6. The smallest absolute Gasteiger partial charge is 0.269 e. The lowest BCUT2D eigenvalue weighted by molar-refractivity contribution is 0.432. The molecule has 0 atom stereocenters. The first-order valence-electron chi connectivity index (χ1n) is 8.59. The van der Waals surface area contributed by atoms with Crippen LogP contribution in [0.1, 0.15) is 5.56 Å². The van der Waals surface area contributed by atoms with Gasteiger partial charge in [-0.3, -0.25) is 4.31 Å². The molecule has 4 aromatic rings. The van der Waals surface area contributed by atoms with Crippen molar-refractivity contribution in [2.24, 2.45) is 0 Å². The normalized spacial score (nSPS) is 11.6. The maximum Gasteiger partial charge on any atom is 0.269 e. The molecular weight excluding hydrogens is 413 g/mol. The third-order valence-electron chi connectivity index (χ3n) is 4.39. The van der Waals surface area contributed by atoms with E-state index in [0.29, 0.717) is 16.4 Å². The van der Waals surface area contributed by atoms with Crippen molar-refractivity contribution in [3.05, 3.63) is 71.4 Å². The van der Waals surface area contributed by atoms with Crippen LogP contribution in [0, 0.1) is 12.7 Å². The molecule has 4 rings (SSSR count). The van der Waals surface area contributed by atoms with Crippen LogP contribution in [-0.4, -0.2) is 25.6 Å². The number of thiophene rings is 1. The highest BCUT2D eigenvalue weighted by Gasteiger charge is 2.28. The lowest BCUT2D eigenvalue weighted by atomic mass is 10.1. The molecule has 0 N–H and O–H groups in total. The fraction of sp³-hybridized carbons (Fsp3) is 0.100. The van der Waals surface area contributed by atoms with E-state index in [4.69, 9.17) is 4.52 Å². The molecular formula is C20H16FN3O3S2. The minimum Gasteiger partial charge on any atom is -0.333 e. The summed E-state index contributed by atoms with van der Waals surface area (Å²) in [5.41, 5.74) is 2.22. The number of sulfonamides is 1. The Morgan fingerprint density at radius 3 is 2.41 bits per heavy atom. The SMILES string of the molecule is Cc1ccc(-c2noc(-c3sccc3S(=O)(=O)N(C)c3ccc(F)cc3)n2)cc1. The van der Waals surface area contributed by atoms with Crippen LogP contribution in [0.25, 0.3) is 22.2 Å². The van der Waals surface area contributed by atoms with Gasteiger partial charge in [-0.1, -0.05) is 35.0 Å². The van der Waals surface area contributed by atoms with Crippen LogP contribution in [0.3, 0.4) is 0 Å². The standard InChI is InChI=1S/C20H16FN3O3S2/c1-13-3-5-14(6-4-13)19-22-20(27-23-19)18-17(11-12-28-18)29(25,26)24(2)16-9-7-15(21)8-10-16/h3-12H,1-2H3. The van der Waals surface area contributed by atoms with E-state index in [1.165, 1.54) is 48.7 Å². The maximum atomic E-state index is 13.2. The Bertz CT molecular complexity index is 1250. The molecule has 2 heterocycles. The van der Waals surface area contributed by atoms with E-state index >= 15 is 0 Å². The topological polar surface area (TPSA) is 76.3 Å². The summed E-state index contributed by atoms with van der Waals surface area (Å²) < 4.78 is 45.9. The molecule has 2 aromatic heterocycles. The Kier molecular flexibility index (Phi) is 4.93. The van der Waals surface area contributed by atoms with Crippen LogP contribution in [0.4, 0.5) is 10.1 Å². The molecule has 0 unspecified atom stereocenters. The van der Waals surface area contributed by atoms with Crippen molar-refractivity contribution in [1.29, 1.82) is 0 Å². The second kappa shape index (κ2) is 7.41. The number of aryl methyl sites for hydroxylation is 1. The molecule has 9 heteroatoms. The second-order valence-corrected chi connectivity index (χ2v) is 9.21. The van der Waals surface area contributed by atoms with Crippen molar-refractivity contribution < 1.29 is 17.3 Å². The van der Waals surface area contributed by atoms with Gasteiger partial charge in [0.25, 0.3) is 15.9 Å². The van der Waals surface area contributed by atoms with Crippen molar-refractivity contribution in [1.82, 2.24) is 10.1 Å². The summed E-state index contributed by atoms with van der Waals surface area (Å²) in [4.78, 5) is 4.77. The molecule has 0 saturated carbocycles. The van der Waals surface area contributed by atoms with E-state index < -0.39 is 15.8 Å². The Morgan fingerprint density at radius 1 is 1.03 bits per heavy atom. The van der Waals surface area contributed by atoms with Crippen LogP contribution >= 0.6 is 11.3 Å². The summed E-state index contributed by atoms with van der Waals surface area (Å²) in [5.74, 6) is 0.0653. The van der Waals surface area contributed by atoms with Crippen molar-refractivity contribution in [3.8, 4) is 22.2 Å². The Morgan fingerprint density at radius 2 is 1.72 bits per heavy atom. The molecule has 29 heavy (non-hydrogen) atoms. The molecule has 0 aliphatic rings.